The Morgan fingerprint density at radius 1 is 1.59 bits per heavy atom. The number of carboxylic acid groups (broad SMARTS) is 1. The van der Waals surface area contributed by atoms with E-state index in [0.29, 0.717) is 6.42 Å². The SMILES string of the molecule is Cn1cc(CC(N)C(=O)O)c2c(Br)cccc21. The van der Waals surface area contributed by atoms with E-state index in [1.165, 1.54) is 0 Å². The summed E-state index contributed by atoms with van der Waals surface area (Å²) < 4.78 is 2.94. The van der Waals surface area contributed by atoms with Crippen LogP contribution in [-0.4, -0.2) is 21.7 Å². The van der Waals surface area contributed by atoms with Crippen LogP contribution in [0.1, 0.15) is 5.56 Å². The number of aryl methyl sites for hydroxylation is 1. The molecule has 0 fully saturated rings. The second kappa shape index (κ2) is 4.50. The minimum absolute atomic E-state index is 0.329. The lowest BCUT2D eigenvalue weighted by Crippen LogP contribution is -2.32. The van der Waals surface area contributed by atoms with E-state index in [4.69, 9.17) is 10.8 Å². The fourth-order valence-electron chi connectivity index (χ4n) is 1.97. The molecule has 3 N–H and O–H groups in total. The van der Waals surface area contributed by atoms with E-state index >= 15 is 0 Å². The molecule has 1 atom stereocenters. The van der Waals surface area contributed by atoms with E-state index in [1.54, 1.807) is 0 Å². The molecule has 1 heterocycles. The van der Waals surface area contributed by atoms with Crippen LogP contribution in [-0.2, 0) is 18.3 Å². The molecule has 0 aliphatic rings. The fraction of sp³-hybridized carbons (Fsp3) is 0.250. The van der Waals surface area contributed by atoms with E-state index in [1.807, 2.05) is 36.0 Å². The summed E-state index contributed by atoms with van der Waals surface area (Å²) in [5.74, 6) is -0.978. The molecule has 1 unspecified atom stereocenters. The smallest absolute Gasteiger partial charge is 0.320 e. The standard InChI is InChI=1S/C12H13BrN2O2/c1-15-6-7(5-9(14)12(16)17)11-8(13)3-2-4-10(11)15/h2-4,6,9H,5,14H2,1H3,(H,16,17). The maximum absolute atomic E-state index is 10.8. The zero-order valence-corrected chi connectivity index (χ0v) is 10.9. The van der Waals surface area contributed by atoms with Crippen molar-refractivity contribution in [3.05, 3.63) is 34.4 Å². The number of rotatable bonds is 3. The molecule has 0 radical (unpaired) electrons. The molecule has 0 saturated heterocycles. The molecule has 2 rings (SSSR count). The van der Waals surface area contributed by atoms with Gasteiger partial charge in [0.25, 0.3) is 0 Å². The Kier molecular flexibility index (Phi) is 3.22. The highest BCUT2D eigenvalue weighted by Crippen LogP contribution is 2.29. The number of hydrogen-bond acceptors (Lipinski definition) is 2. The van der Waals surface area contributed by atoms with Gasteiger partial charge >= 0.3 is 5.97 Å². The minimum atomic E-state index is -0.978. The van der Waals surface area contributed by atoms with E-state index in [0.717, 1.165) is 20.9 Å². The number of nitrogens with two attached hydrogens (primary N) is 1. The molecule has 0 amide bonds. The van der Waals surface area contributed by atoms with E-state index < -0.39 is 12.0 Å². The van der Waals surface area contributed by atoms with Crippen molar-refractivity contribution < 1.29 is 9.90 Å². The van der Waals surface area contributed by atoms with Gasteiger partial charge in [-0.3, -0.25) is 4.79 Å². The first-order valence-electron chi connectivity index (χ1n) is 5.21. The van der Waals surface area contributed by atoms with Gasteiger partial charge in [-0.25, -0.2) is 0 Å². The zero-order chi connectivity index (χ0) is 12.6. The Labute approximate surface area is 107 Å². The highest BCUT2D eigenvalue weighted by atomic mass is 79.9. The van der Waals surface area contributed by atoms with Gasteiger partial charge in [0.2, 0.25) is 0 Å². The predicted octanol–water partition coefficient (Wildman–Crippen LogP) is 1.90. The summed E-state index contributed by atoms with van der Waals surface area (Å²) in [6, 6.07) is 5.02. The van der Waals surface area contributed by atoms with Crippen LogP contribution in [0.4, 0.5) is 0 Å². The van der Waals surface area contributed by atoms with Crippen LogP contribution < -0.4 is 5.73 Å². The molecule has 5 heteroatoms. The van der Waals surface area contributed by atoms with Gasteiger partial charge in [-0.2, -0.15) is 0 Å². The molecule has 0 saturated carbocycles. The molecular weight excluding hydrogens is 284 g/mol. The van der Waals surface area contributed by atoms with Gasteiger partial charge in [-0.15, -0.1) is 0 Å². The zero-order valence-electron chi connectivity index (χ0n) is 9.35. The Bertz CT molecular complexity index is 577. The summed E-state index contributed by atoms with van der Waals surface area (Å²) in [6.45, 7) is 0. The topological polar surface area (TPSA) is 68.2 Å². The first kappa shape index (κ1) is 12.1. The third-order valence-electron chi connectivity index (χ3n) is 2.80. The van der Waals surface area contributed by atoms with Crippen LogP contribution in [0.3, 0.4) is 0 Å². The van der Waals surface area contributed by atoms with Gasteiger partial charge < -0.3 is 15.4 Å². The van der Waals surface area contributed by atoms with Crippen LogP contribution in [0.2, 0.25) is 0 Å². The van der Waals surface area contributed by atoms with Crippen molar-refractivity contribution in [3.63, 3.8) is 0 Å². The predicted molar refractivity (Wildman–Crippen MR) is 69.9 cm³/mol. The monoisotopic (exact) mass is 296 g/mol. The highest BCUT2D eigenvalue weighted by molar-refractivity contribution is 9.10. The Morgan fingerprint density at radius 3 is 2.94 bits per heavy atom. The van der Waals surface area contributed by atoms with Crippen molar-refractivity contribution in [2.24, 2.45) is 12.8 Å². The molecular formula is C12H13BrN2O2. The largest absolute Gasteiger partial charge is 0.480 e. The maximum Gasteiger partial charge on any atom is 0.320 e. The number of halogens is 1. The lowest BCUT2D eigenvalue weighted by atomic mass is 10.1. The van der Waals surface area contributed by atoms with Crippen molar-refractivity contribution in [2.75, 3.05) is 0 Å². The minimum Gasteiger partial charge on any atom is -0.480 e. The molecule has 2 aromatic rings. The first-order chi connectivity index (χ1) is 8.00. The quantitative estimate of drug-likeness (QED) is 0.909. The molecule has 1 aromatic carbocycles. The summed E-state index contributed by atoms with van der Waals surface area (Å²) in [5.41, 5.74) is 7.59. The van der Waals surface area contributed by atoms with Crippen LogP contribution in [0, 0.1) is 0 Å². The van der Waals surface area contributed by atoms with Gasteiger partial charge in [0.1, 0.15) is 6.04 Å². The highest BCUT2D eigenvalue weighted by Gasteiger charge is 2.16. The number of fused-ring (bicyclic) bond motifs is 1. The summed E-state index contributed by atoms with van der Waals surface area (Å²) in [5, 5.41) is 9.88. The average Bonchev–Trinajstić information content (AvgIpc) is 2.57. The van der Waals surface area contributed by atoms with Crippen molar-refractivity contribution in [2.45, 2.75) is 12.5 Å². The average molecular weight is 297 g/mol. The number of carbonyl (C=O) groups is 1. The fourth-order valence-corrected chi connectivity index (χ4v) is 2.58. The Morgan fingerprint density at radius 2 is 2.29 bits per heavy atom. The number of aliphatic carboxylic acids is 1. The van der Waals surface area contributed by atoms with Crippen LogP contribution in [0.15, 0.2) is 28.9 Å². The second-order valence-electron chi connectivity index (χ2n) is 4.05. The molecule has 4 nitrogen and oxygen atoms in total. The molecule has 0 bridgehead atoms. The van der Waals surface area contributed by atoms with Gasteiger partial charge in [0.15, 0.2) is 0 Å². The normalized spacial score (nSPS) is 12.9. The van der Waals surface area contributed by atoms with Crippen molar-refractivity contribution in [1.29, 1.82) is 0 Å². The van der Waals surface area contributed by atoms with Gasteiger partial charge in [-0.05, 0) is 17.7 Å². The summed E-state index contributed by atoms with van der Waals surface area (Å²) in [6.07, 6.45) is 2.26. The molecule has 90 valence electrons. The third kappa shape index (κ3) is 2.21. The number of hydrogen-bond donors (Lipinski definition) is 2. The number of aromatic nitrogens is 1. The summed E-state index contributed by atoms with van der Waals surface area (Å²) in [4.78, 5) is 10.8. The van der Waals surface area contributed by atoms with Crippen LogP contribution >= 0.6 is 15.9 Å². The number of carboxylic acids is 1. The Balaban J connectivity index is 2.51. The number of nitrogens with zero attached hydrogens (tertiary/aromatic N) is 1. The van der Waals surface area contributed by atoms with Gasteiger partial charge in [-0.1, -0.05) is 22.0 Å². The summed E-state index contributed by atoms with van der Waals surface area (Å²) >= 11 is 3.49. The molecule has 1 aromatic heterocycles. The van der Waals surface area contributed by atoms with Gasteiger partial charge in [0.05, 0.1) is 0 Å². The maximum atomic E-state index is 10.8. The summed E-state index contributed by atoms with van der Waals surface area (Å²) in [7, 11) is 1.94. The molecule has 0 aliphatic heterocycles. The lowest BCUT2D eigenvalue weighted by molar-refractivity contribution is -0.138. The van der Waals surface area contributed by atoms with E-state index in [9.17, 15) is 4.79 Å². The Hall–Kier alpha value is -1.33. The molecule has 0 aliphatic carbocycles. The lowest BCUT2D eigenvalue weighted by Gasteiger charge is -2.05. The third-order valence-corrected chi connectivity index (χ3v) is 3.46. The van der Waals surface area contributed by atoms with Crippen molar-refractivity contribution in [1.82, 2.24) is 4.57 Å². The first-order valence-corrected chi connectivity index (χ1v) is 6.01. The molecule has 17 heavy (non-hydrogen) atoms. The van der Waals surface area contributed by atoms with Crippen LogP contribution in [0.5, 0.6) is 0 Å². The van der Waals surface area contributed by atoms with E-state index in [2.05, 4.69) is 15.9 Å². The van der Waals surface area contributed by atoms with E-state index in [-0.39, 0.29) is 0 Å². The second-order valence-corrected chi connectivity index (χ2v) is 4.90. The van der Waals surface area contributed by atoms with Crippen LogP contribution in [0.25, 0.3) is 10.9 Å². The van der Waals surface area contributed by atoms with Gasteiger partial charge in [0, 0.05) is 35.0 Å². The van der Waals surface area contributed by atoms with Crippen molar-refractivity contribution in [3.8, 4) is 0 Å². The van der Waals surface area contributed by atoms with Crippen molar-refractivity contribution >= 4 is 32.8 Å². The number of benzene rings is 1. The molecule has 0 spiro atoms.